The third kappa shape index (κ3) is 2.31. The quantitative estimate of drug-likeness (QED) is 0.855. The molecule has 86 valence electrons. The highest BCUT2D eigenvalue weighted by Gasteiger charge is 2.23. The Kier molecular flexibility index (Phi) is 2.56. The van der Waals surface area contributed by atoms with E-state index in [1.807, 2.05) is 24.3 Å². The lowest BCUT2D eigenvalue weighted by Gasteiger charge is -2.06. The predicted molar refractivity (Wildman–Crippen MR) is 68.8 cm³/mol. The highest BCUT2D eigenvalue weighted by Crippen LogP contribution is 2.21. The first-order chi connectivity index (χ1) is 8.33. The SMILES string of the molecule is O=C(Cc1cccc2ccccc12)NC1CC1. The van der Waals surface area contributed by atoms with Crippen LogP contribution in [0.3, 0.4) is 0 Å². The van der Waals surface area contributed by atoms with E-state index >= 15 is 0 Å². The van der Waals surface area contributed by atoms with Crippen LogP contribution in [0.4, 0.5) is 0 Å². The van der Waals surface area contributed by atoms with Gasteiger partial charge >= 0.3 is 0 Å². The number of amides is 1. The minimum absolute atomic E-state index is 0.142. The lowest BCUT2D eigenvalue weighted by molar-refractivity contribution is -0.120. The molecule has 1 aliphatic carbocycles. The molecule has 1 aliphatic rings. The van der Waals surface area contributed by atoms with Crippen molar-refractivity contribution in [2.24, 2.45) is 0 Å². The third-order valence-corrected chi connectivity index (χ3v) is 3.17. The van der Waals surface area contributed by atoms with Crippen molar-refractivity contribution in [3.8, 4) is 0 Å². The number of benzene rings is 2. The Morgan fingerprint density at radius 3 is 2.71 bits per heavy atom. The normalized spacial score (nSPS) is 14.8. The summed E-state index contributed by atoms with van der Waals surface area (Å²) in [4.78, 5) is 11.8. The molecule has 1 N–H and O–H groups in total. The molecular weight excluding hydrogens is 210 g/mol. The highest BCUT2D eigenvalue weighted by molar-refractivity contribution is 5.90. The summed E-state index contributed by atoms with van der Waals surface area (Å²) in [6, 6.07) is 14.8. The minimum atomic E-state index is 0.142. The third-order valence-electron chi connectivity index (χ3n) is 3.17. The van der Waals surface area contributed by atoms with E-state index in [1.54, 1.807) is 0 Å². The summed E-state index contributed by atoms with van der Waals surface area (Å²) in [5.74, 6) is 0.142. The van der Waals surface area contributed by atoms with E-state index in [0.717, 1.165) is 18.4 Å². The summed E-state index contributed by atoms with van der Waals surface area (Å²) in [6.45, 7) is 0. The van der Waals surface area contributed by atoms with E-state index in [4.69, 9.17) is 0 Å². The van der Waals surface area contributed by atoms with Gasteiger partial charge in [-0.3, -0.25) is 4.79 Å². The van der Waals surface area contributed by atoms with Gasteiger partial charge in [0.25, 0.3) is 0 Å². The maximum atomic E-state index is 11.8. The molecule has 0 bridgehead atoms. The maximum Gasteiger partial charge on any atom is 0.224 e. The highest BCUT2D eigenvalue weighted by atomic mass is 16.1. The van der Waals surface area contributed by atoms with Gasteiger partial charge in [0.2, 0.25) is 5.91 Å². The molecule has 0 aromatic heterocycles. The molecule has 2 aromatic carbocycles. The lowest BCUT2D eigenvalue weighted by atomic mass is 10.0. The molecule has 1 fully saturated rings. The standard InChI is InChI=1S/C15H15NO/c17-15(16-13-8-9-13)10-12-6-3-5-11-4-1-2-7-14(11)12/h1-7,13H,8-10H2,(H,16,17). The van der Waals surface area contributed by atoms with Gasteiger partial charge < -0.3 is 5.32 Å². The molecule has 0 aliphatic heterocycles. The van der Waals surface area contributed by atoms with Gasteiger partial charge in [-0.15, -0.1) is 0 Å². The van der Waals surface area contributed by atoms with Gasteiger partial charge in [0.1, 0.15) is 0 Å². The zero-order chi connectivity index (χ0) is 11.7. The van der Waals surface area contributed by atoms with Crippen molar-refractivity contribution in [1.29, 1.82) is 0 Å². The van der Waals surface area contributed by atoms with Crippen molar-refractivity contribution in [2.75, 3.05) is 0 Å². The molecule has 0 unspecified atom stereocenters. The molecule has 0 heterocycles. The molecule has 2 heteroatoms. The second-order valence-corrected chi connectivity index (χ2v) is 4.66. The average Bonchev–Trinajstić information content (AvgIpc) is 3.13. The molecule has 0 radical (unpaired) electrons. The topological polar surface area (TPSA) is 29.1 Å². The summed E-state index contributed by atoms with van der Waals surface area (Å²) < 4.78 is 0. The van der Waals surface area contributed by atoms with Crippen molar-refractivity contribution >= 4 is 16.7 Å². The number of fused-ring (bicyclic) bond motifs is 1. The molecule has 1 saturated carbocycles. The van der Waals surface area contributed by atoms with Crippen LogP contribution in [0.2, 0.25) is 0 Å². The Hall–Kier alpha value is -1.83. The Morgan fingerprint density at radius 1 is 1.12 bits per heavy atom. The molecular formula is C15H15NO. The van der Waals surface area contributed by atoms with Gasteiger partial charge in [0.15, 0.2) is 0 Å². The van der Waals surface area contributed by atoms with Gasteiger partial charge in [-0.25, -0.2) is 0 Å². The molecule has 0 saturated heterocycles. The molecule has 2 nitrogen and oxygen atoms in total. The number of nitrogens with one attached hydrogen (secondary N) is 1. The van der Waals surface area contributed by atoms with Crippen LogP contribution in [0.15, 0.2) is 42.5 Å². The summed E-state index contributed by atoms with van der Waals surface area (Å²) in [7, 11) is 0. The van der Waals surface area contributed by atoms with Crippen molar-refractivity contribution in [3.05, 3.63) is 48.0 Å². The Bertz CT molecular complexity index is 552. The van der Waals surface area contributed by atoms with Gasteiger partial charge in [-0.1, -0.05) is 42.5 Å². The second kappa shape index (κ2) is 4.21. The molecule has 17 heavy (non-hydrogen) atoms. The van der Waals surface area contributed by atoms with E-state index in [2.05, 4.69) is 23.5 Å². The van der Waals surface area contributed by atoms with Crippen LogP contribution in [-0.4, -0.2) is 11.9 Å². The Balaban J connectivity index is 1.86. The number of rotatable bonds is 3. The van der Waals surface area contributed by atoms with Crippen molar-refractivity contribution < 1.29 is 4.79 Å². The zero-order valence-corrected chi connectivity index (χ0v) is 9.65. The molecule has 0 atom stereocenters. The summed E-state index contributed by atoms with van der Waals surface area (Å²) in [5.41, 5.74) is 1.11. The van der Waals surface area contributed by atoms with E-state index < -0.39 is 0 Å². The molecule has 2 aromatic rings. The van der Waals surface area contributed by atoms with Crippen molar-refractivity contribution in [2.45, 2.75) is 25.3 Å². The van der Waals surface area contributed by atoms with Crippen LogP contribution >= 0.6 is 0 Å². The van der Waals surface area contributed by atoms with E-state index in [-0.39, 0.29) is 5.91 Å². The zero-order valence-electron chi connectivity index (χ0n) is 9.65. The fraction of sp³-hybridized carbons (Fsp3) is 0.267. The van der Waals surface area contributed by atoms with Gasteiger partial charge in [0, 0.05) is 6.04 Å². The van der Waals surface area contributed by atoms with Crippen LogP contribution in [-0.2, 0) is 11.2 Å². The van der Waals surface area contributed by atoms with Crippen LogP contribution in [0.25, 0.3) is 10.8 Å². The fourth-order valence-corrected chi connectivity index (χ4v) is 2.13. The van der Waals surface area contributed by atoms with Crippen molar-refractivity contribution in [1.82, 2.24) is 5.32 Å². The first-order valence-electron chi connectivity index (χ1n) is 6.09. The van der Waals surface area contributed by atoms with Crippen LogP contribution in [0.1, 0.15) is 18.4 Å². The number of carbonyl (C=O) groups excluding carboxylic acids is 1. The monoisotopic (exact) mass is 225 g/mol. The average molecular weight is 225 g/mol. The fourth-order valence-electron chi connectivity index (χ4n) is 2.13. The van der Waals surface area contributed by atoms with E-state index in [0.29, 0.717) is 12.5 Å². The summed E-state index contributed by atoms with van der Waals surface area (Å²) >= 11 is 0. The molecule has 3 rings (SSSR count). The first-order valence-corrected chi connectivity index (χ1v) is 6.09. The maximum absolute atomic E-state index is 11.8. The largest absolute Gasteiger partial charge is 0.353 e. The number of hydrogen-bond acceptors (Lipinski definition) is 1. The van der Waals surface area contributed by atoms with Crippen LogP contribution in [0.5, 0.6) is 0 Å². The van der Waals surface area contributed by atoms with Gasteiger partial charge in [-0.2, -0.15) is 0 Å². The van der Waals surface area contributed by atoms with E-state index in [9.17, 15) is 4.79 Å². The number of hydrogen-bond donors (Lipinski definition) is 1. The lowest BCUT2D eigenvalue weighted by Crippen LogP contribution is -2.27. The molecule has 1 amide bonds. The van der Waals surface area contributed by atoms with Crippen molar-refractivity contribution in [3.63, 3.8) is 0 Å². The second-order valence-electron chi connectivity index (χ2n) is 4.66. The first kappa shape index (κ1) is 10.3. The number of carbonyl (C=O) groups is 1. The molecule has 0 spiro atoms. The van der Waals surface area contributed by atoms with Gasteiger partial charge in [0.05, 0.1) is 6.42 Å². The summed E-state index contributed by atoms with van der Waals surface area (Å²) in [6.07, 6.45) is 2.76. The minimum Gasteiger partial charge on any atom is -0.353 e. The van der Waals surface area contributed by atoms with Gasteiger partial charge in [-0.05, 0) is 29.2 Å². The van der Waals surface area contributed by atoms with Crippen LogP contribution in [0, 0.1) is 0 Å². The summed E-state index contributed by atoms with van der Waals surface area (Å²) in [5, 5.41) is 5.41. The van der Waals surface area contributed by atoms with E-state index in [1.165, 1.54) is 10.8 Å². The van der Waals surface area contributed by atoms with Crippen LogP contribution < -0.4 is 5.32 Å². The smallest absolute Gasteiger partial charge is 0.224 e. The Morgan fingerprint density at radius 2 is 1.88 bits per heavy atom. The Labute approximate surface area is 101 Å². The predicted octanol–water partition coefficient (Wildman–Crippen LogP) is 2.66.